The van der Waals surface area contributed by atoms with Gasteiger partial charge in [-0.05, 0) is 63.3 Å². The number of carbonyl (C=O) groups is 2. The second-order valence-electron chi connectivity index (χ2n) is 7.03. The molecule has 0 aliphatic carbocycles. The molecule has 0 radical (unpaired) electrons. The van der Waals surface area contributed by atoms with E-state index in [0.29, 0.717) is 19.6 Å². The van der Waals surface area contributed by atoms with Crippen LogP contribution in [0.2, 0.25) is 0 Å². The van der Waals surface area contributed by atoms with Crippen LogP contribution >= 0.6 is 0 Å². The molecule has 0 saturated carbocycles. The van der Waals surface area contributed by atoms with E-state index in [1.807, 2.05) is 0 Å². The van der Waals surface area contributed by atoms with Crippen molar-refractivity contribution in [3.05, 3.63) is 35.6 Å². The molecule has 5 nitrogen and oxygen atoms in total. The Balaban J connectivity index is 1.67. The number of piperidine rings is 1. The molecule has 2 aliphatic rings. The Bertz CT molecular complexity index is 634. The van der Waals surface area contributed by atoms with Crippen LogP contribution in [-0.4, -0.2) is 54.0 Å². The summed E-state index contributed by atoms with van der Waals surface area (Å²) in [5.41, 5.74) is 1.04. The van der Waals surface area contributed by atoms with Crippen LogP contribution in [0.4, 0.5) is 4.39 Å². The number of nitrogens with zero attached hydrogens (tertiary/aromatic N) is 2. The average molecular weight is 362 g/mol. The van der Waals surface area contributed by atoms with E-state index in [0.717, 1.165) is 37.8 Å². The molecule has 6 heteroatoms. The third-order valence-corrected chi connectivity index (χ3v) is 5.34. The van der Waals surface area contributed by atoms with Crippen LogP contribution in [0.1, 0.15) is 50.6 Å². The summed E-state index contributed by atoms with van der Waals surface area (Å²) in [6.45, 7) is 3.85. The van der Waals surface area contributed by atoms with Crippen molar-refractivity contribution in [2.24, 2.45) is 0 Å². The molecule has 3 rings (SSSR count). The van der Waals surface area contributed by atoms with Gasteiger partial charge in [0.25, 0.3) is 0 Å². The lowest BCUT2D eigenvalue weighted by atomic mass is 10.0. The number of halogens is 1. The van der Waals surface area contributed by atoms with Crippen molar-refractivity contribution < 1.29 is 18.7 Å². The lowest BCUT2D eigenvalue weighted by Gasteiger charge is -2.36. The van der Waals surface area contributed by atoms with Crippen LogP contribution in [-0.2, 0) is 14.3 Å². The lowest BCUT2D eigenvalue weighted by molar-refractivity contribution is -0.157. The van der Waals surface area contributed by atoms with Gasteiger partial charge in [0.2, 0.25) is 5.91 Å². The summed E-state index contributed by atoms with van der Waals surface area (Å²) in [5.74, 6) is -0.561. The van der Waals surface area contributed by atoms with Crippen molar-refractivity contribution in [1.29, 1.82) is 0 Å². The van der Waals surface area contributed by atoms with Gasteiger partial charge in [-0.25, -0.2) is 9.18 Å². The van der Waals surface area contributed by atoms with Gasteiger partial charge in [-0.2, -0.15) is 0 Å². The van der Waals surface area contributed by atoms with E-state index in [9.17, 15) is 14.0 Å². The van der Waals surface area contributed by atoms with Gasteiger partial charge in [-0.1, -0.05) is 12.1 Å². The number of amides is 1. The molecule has 2 fully saturated rings. The monoisotopic (exact) mass is 362 g/mol. The van der Waals surface area contributed by atoms with Gasteiger partial charge in [-0.3, -0.25) is 9.69 Å². The van der Waals surface area contributed by atoms with Crippen LogP contribution in [0.25, 0.3) is 0 Å². The highest BCUT2D eigenvalue weighted by Crippen LogP contribution is 2.32. The number of ether oxygens (including phenoxy) is 1. The molecule has 1 amide bonds. The Morgan fingerprint density at radius 2 is 1.88 bits per heavy atom. The Morgan fingerprint density at radius 3 is 2.62 bits per heavy atom. The molecule has 0 unspecified atom stereocenters. The highest BCUT2D eigenvalue weighted by Gasteiger charge is 2.35. The third-order valence-electron chi connectivity index (χ3n) is 5.34. The fraction of sp³-hybridized carbons (Fsp3) is 0.600. The average Bonchev–Trinajstić information content (AvgIpc) is 3.10. The molecule has 2 heterocycles. The maximum absolute atomic E-state index is 13.2. The summed E-state index contributed by atoms with van der Waals surface area (Å²) in [6.07, 6.45) is 4.50. The van der Waals surface area contributed by atoms with Gasteiger partial charge in [0.1, 0.15) is 11.9 Å². The van der Waals surface area contributed by atoms with Crippen molar-refractivity contribution >= 4 is 11.9 Å². The fourth-order valence-electron chi connectivity index (χ4n) is 4.06. The smallest absolute Gasteiger partial charge is 0.328 e. The molecule has 0 N–H and O–H groups in total. The summed E-state index contributed by atoms with van der Waals surface area (Å²) >= 11 is 0. The van der Waals surface area contributed by atoms with Gasteiger partial charge in [0.05, 0.1) is 13.2 Å². The number of rotatable bonds is 5. The van der Waals surface area contributed by atoms with Gasteiger partial charge in [-0.15, -0.1) is 0 Å². The summed E-state index contributed by atoms with van der Waals surface area (Å²) in [5, 5.41) is 0. The number of hydrogen-bond acceptors (Lipinski definition) is 4. The molecule has 1 aromatic rings. The SMILES string of the molecule is CCOC(=O)[C@H]1CCCCN1C(=O)CN1CCC[C@H]1c1ccc(F)cc1. The first-order valence-corrected chi connectivity index (χ1v) is 9.55. The minimum absolute atomic E-state index is 0.0169. The molecular formula is C20H27FN2O3. The van der Waals surface area contributed by atoms with Crippen molar-refractivity contribution in [1.82, 2.24) is 9.80 Å². The Kier molecular flexibility index (Phi) is 6.25. The molecular weight excluding hydrogens is 335 g/mol. The Labute approximate surface area is 154 Å². The van der Waals surface area contributed by atoms with Gasteiger partial charge < -0.3 is 9.64 Å². The first-order chi connectivity index (χ1) is 12.6. The van der Waals surface area contributed by atoms with E-state index in [-0.39, 0.29) is 30.3 Å². The van der Waals surface area contributed by atoms with E-state index < -0.39 is 6.04 Å². The van der Waals surface area contributed by atoms with E-state index in [2.05, 4.69) is 4.90 Å². The zero-order chi connectivity index (χ0) is 18.5. The maximum atomic E-state index is 13.2. The van der Waals surface area contributed by atoms with Crippen LogP contribution in [0, 0.1) is 5.82 Å². The summed E-state index contributed by atoms with van der Waals surface area (Å²) < 4.78 is 18.3. The van der Waals surface area contributed by atoms with E-state index in [4.69, 9.17) is 4.74 Å². The van der Waals surface area contributed by atoms with Gasteiger partial charge in [0, 0.05) is 12.6 Å². The molecule has 0 aromatic heterocycles. The standard InChI is InChI=1S/C20H27FN2O3/c1-2-26-20(25)18-6-3-4-13-23(18)19(24)14-22-12-5-7-17(22)15-8-10-16(21)11-9-15/h8-11,17-18H,2-7,12-14H2,1H3/t17-,18+/m0/s1. The van der Waals surface area contributed by atoms with Crippen LogP contribution in [0.3, 0.4) is 0 Å². The number of likely N-dealkylation sites (tertiary alicyclic amines) is 2. The van der Waals surface area contributed by atoms with Crippen molar-refractivity contribution in [3.8, 4) is 0 Å². The highest BCUT2D eigenvalue weighted by molar-refractivity contribution is 5.86. The first-order valence-electron chi connectivity index (χ1n) is 9.55. The van der Waals surface area contributed by atoms with Gasteiger partial charge >= 0.3 is 5.97 Å². The van der Waals surface area contributed by atoms with Crippen LogP contribution < -0.4 is 0 Å². The quantitative estimate of drug-likeness (QED) is 0.756. The highest BCUT2D eigenvalue weighted by atomic mass is 19.1. The fourth-order valence-corrected chi connectivity index (χ4v) is 4.06. The first kappa shape index (κ1) is 18.8. The van der Waals surface area contributed by atoms with Gasteiger partial charge in [0.15, 0.2) is 0 Å². The Hall–Kier alpha value is -1.95. The summed E-state index contributed by atoms with van der Waals surface area (Å²) in [7, 11) is 0. The summed E-state index contributed by atoms with van der Waals surface area (Å²) in [4.78, 5) is 29.0. The topological polar surface area (TPSA) is 49.9 Å². The molecule has 1 aromatic carbocycles. The molecule has 0 spiro atoms. The number of carbonyl (C=O) groups excluding carboxylic acids is 2. The van der Waals surface area contributed by atoms with E-state index >= 15 is 0 Å². The Morgan fingerprint density at radius 1 is 1.12 bits per heavy atom. The van der Waals surface area contributed by atoms with E-state index in [1.54, 1.807) is 24.0 Å². The minimum Gasteiger partial charge on any atom is -0.464 e. The second-order valence-corrected chi connectivity index (χ2v) is 7.03. The summed E-state index contributed by atoms with van der Waals surface area (Å²) in [6, 6.07) is 6.20. The predicted molar refractivity (Wildman–Crippen MR) is 95.9 cm³/mol. The second kappa shape index (κ2) is 8.62. The number of benzene rings is 1. The van der Waals surface area contributed by atoms with Crippen LogP contribution in [0.15, 0.2) is 24.3 Å². The molecule has 142 valence electrons. The normalized spacial score (nSPS) is 23.8. The van der Waals surface area contributed by atoms with Crippen molar-refractivity contribution in [2.75, 3.05) is 26.2 Å². The van der Waals surface area contributed by atoms with Crippen LogP contribution in [0.5, 0.6) is 0 Å². The molecule has 2 atom stereocenters. The number of hydrogen-bond donors (Lipinski definition) is 0. The molecule has 0 bridgehead atoms. The molecule has 2 aliphatic heterocycles. The predicted octanol–water partition coefficient (Wildman–Crippen LogP) is 2.91. The molecule has 2 saturated heterocycles. The maximum Gasteiger partial charge on any atom is 0.328 e. The van der Waals surface area contributed by atoms with Crippen molar-refractivity contribution in [2.45, 2.75) is 51.1 Å². The molecule has 26 heavy (non-hydrogen) atoms. The third kappa shape index (κ3) is 4.23. The zero-order valence-electron chi connectivity index (χ0n) is 15.3. The number of esters is 1. The zero-order valence-corrected chi connectivity index (χ0v) is 15.3. The minimum atomic E-state index is -0.455. The van der Waals surface area contributed by atoms with Crippen molar-refractivity contribution in [3.63, 3.8) is 0 Å². The van der Waals surface area contributed by atoms with E-state index in [1.165, 1.54) is 12.1 Å². The largest absolute Gasteiger partial charge is 0.464 e. The lowest BCUT2D eigenvalue weighted by Crippen LogP contribution is -2.51.